The standard InChI is InChI=1S/C28H38N6O8/c35-25(36)19-31-10-8-30(9-11-32(20-26(37)38)13-15-33(14-12-31)21-27(39)40)18-24-16-23(6-7-34(24)42)28(41)29-17-22-4-2-1-3-5-22/h1-7,16H,8-15,17-21H2,(H4-,29,35,36,37,38,39,40,41,42)/p+1. The average Bonchev–Trinajstić information content (AvgIpc) is 2.94. The molecule has 228 valence electrons. The number of carboxylic acid groups (broad SMARTS) is 3. The lowest BCUT2D eigenvalue weighted by Gasteiger charge is -2.32. The number of rotatable bonds is 11. The molecule has 14 nitrogen and oxygen atoms in total. The fraction of sp³-hybridized carbons (Fsp3) is 0.464. The molecule has 2 heterocycles. The molecule has 3 rings (SSSR count). The van der Waals surface area contributed by atoms with Crippen LogP contribution < -0.4 is 10.0 Å². The fourth-order valence-electron chi connectivity index (χ4n) is 4.69. The lowest BCUT2D eigenvalue weighted by atomic mass is 10.2. The second kappa shape index (κ2) is 16.4. The van der Waals surface area contributed by atoms with Crippen LogP contribution in [0.2, 0.25) is 0 Å². The van der Waals surface area contributed by atoms with E-state index in [9.17, 15) is 39.7 Å². The highest BCUT2D eigenvalue weighted by Gasteiger charge is 2.23. The summed E-state index contributed by atoms with van der Waals surface area (Å²) in [4.78, 5) is 54.3. The van der Waals surface area contributed by atoms with Crippen LogP contribution in [0.3, 0.4) is 0 Å². The van der Waals surface area contributed by atoms with Crippen LogP contribution in [-0.4, -0.2) is 136 Å². The first kappa shape index (κ1) is 32.4. The normalized spacial score (nSPS) is 16.7. The van der Waals surface area contributed by atoms with Gasteiger partial charge in [0.05, 0.1) is 31.7 Å². The molecule has 1 aliphatic heterocycles. The molecule has 1 saturated heterocycles. The summed E-state index contributed by atoms with van der Waals surface area (Å²) in [5.74, 6) is -3.33. The smallest absolute Gasteiger partial charge is 0.317 e. The minimum Gasteiger partial charge on any atom is -0.480 e. The van der Waals surface area contributed by atoms with E-state index in [1.807, 2.05) is 35.2 Å². The van der Waals surface area contributed by atoms with E-state index < -0.39 is 17.9 Å². The summed E-state index contributed by atoms with van der Waals surface area (Å²) in [6.45, 7) is 2.55. The van der Waals surface area contributed by atoms with E-state index in [4.69, 9.17) is 0 Å². The number of carbonyl (C=O) groups is 4. The Balaban J connectivity index is 1.76. The zero-order valence-electron chi connectivity index (χ0n) is 23.5. The van der Waals surface area contributed by atoms with Crippen molar-refractivity contribution in [2.75, 3.05) is 72.0 Å². The molecule has 0 atom stereocenters. The maximum Gasteiger partial charge on any atom is 0.317 e. The first-order valence-electron chi connectivity index (χ1n) is 13.7. The first-order valence-corrected chi connectivity index (χ1v) is 13.7. The average molecular weight is 588 g/mol. The summed E-state index contributed by atoms with van der Waals surface area (Å²) in [5.41, 5.74) is 1.73. The summed E-state index contributed by atoms with van der Waals surface area (Å²) in [6, 6.07) is 12.6. The molecule has 2 aromatic rings. The molecule has 0 unspecified atom stereocenters. The Labute approximate surface area is 243 Å². The van der Waals surface area contributed by atoms with Gasteiger partial charge in [-0.2, -0.15) is 0 Å². The van der Waals surface area contributed by atoms with Crippen LogP contribution >= 0.6 is 0 Å². The third kappa shape index (κ3) is 11.4. The highest BCUT2D eigenvalue weighted by molar-refractivity contribution is 5.94. The summed E-state index contributed by atoms with van der Waals surface area (Å²) in [7, 11) is 0. The predicted molar refractivity (Wildman–Crippen MR) is 149 cm³/mol. The molecule has 0 spiro atoms. The Hall–Kier alpha value is -4.11. The number of amides is 1. The van der Waals surface area contributed by atoms with Crippen molar-refractivity contribution in [3.05, 3.63) is 65.5 Å². The Morgan fingerprint density at radius 3 is 1.60 bits per heavy atom. The molecule has 1 aromatic heterocycles. The lowest BCUT2D eigenvalue weighted by Crippen LogP contribution is -2.49. The third-order valence-electron chi connectivity index (χ3n) is 6.96. The van der Waals surface area contributed by atoms with Gasteiger partial charge < -0.3 is 20.6 Å². The number of aromatic nitrogens is 1. The number of aliphatic carboxylic acids is 3. The van der Waals surface area contributed by atoms with Gasteiger partial charge in [-0.25, -0.2) is 0 Å². The van der Waals surface area contributed by atoms with Crippen molar-refractivity contribution < 1.29 is 44.4 Å². The first-order chi connectivity index (χ1) is 20.1. The van der Waals surface area contributed by atoms with Gasteiger partial charge in [0.2, 0.25) is 11.9 Å². The maximum atomic E-state index is 12.8. The number of carbonyl (C=O) groups excluding carboxylic acids is 1. The lowest BCUT2D eigenvalue weighted by molar-refractivity contribution is -0.910. The van der Waals surface area contributed by atoms with Gasteiger partial charge in [-0.05, 0) is 5.56 Å². The van der Waals surface area contributed by atoms with Gasteiger partial charge in [0.15, 0.2) is 0 Å². The molecule has 0 aliphatic carbocycles. The van der Waals surface area contributed by atoms with Gasteiger partial charge in [0, 0.05) is 75.8 Å². The number of hydrogen-bond acceptors (Lipinski definition) is 9. The number of pyridine rings is 1. The molecule has 0 bridgehead atoms. The third-order valence-corrected chi connectivity index (χ3v) is 6.96. The highest BCUT2D eigenvalue weighted by atomic mass is 16.5. The molecular weight excluding hydrogens is 548 g/mol. The van der Waals surface area contributed by atoms with Crippen molar-refractivity contribution in [1.82, 2.24) is 24.9 Å². The molecule has 1 aromatic carbocycles. The number of nitrogens with zero attached hydrogens (tertiary/aromatic N) is 5. The van der Waals surface area contributed by atoms with Crippen LogP contribution in [0.25, 0.3) is 0 Å². The quantitative estimate of drug-likeness (QED) is 0.162. The molecule has 0 radical (unpaired) electrons. The molecule has 1 amide bonds. The maximum absolute atomic E-state index is 12.8. The number of hydrogen-bond donors (Lipinski definition) is 5. The van der Waals surface area contributed by atoms with Crippen LogP contribution in [0.1, 0.15) is 21.6 Å². The highest BCUT2D eigenvalue weighted by Crippen LogP contribution is 2.08. The zero-order valence-corrected chi connectivity index (χ0v) is 23.5. The zero-order chi connectivity index (χ0) is 30.5. The van der Waals surface area contributed by atoms with E-state index in [0.29, 0.717) is 70.2 Å². The van der Waals surface area contributed by atoms with Gasteiger partial charge in [-0.1, -0.05) is 30.3 Å². The molecule has 1 fully saturated rings. The second-order valence-corrected chi connectivity index (χ2v) is 10.2. The van der Waals surface area contributed by atoms with Crippen molar-refractivity contribution in [2.24, 2.45) is 0 Å². The van der Waals surface area contributed by atoms with Gasteiger partial charge >= 0.3 is 17.9 Å². The SMILES string of the molecule is O=C(O)CN1CCN(CC(=O)O)CCN(Cc2cc(C(=O)NCc3ccccc3)cc[n+]2O)CCN(CC(=O)O)CC1. The van der Waals surface area contributed by atoms with Crippen LogP contribution in [0.4, 0.5) is 0 Å². The van der Waals surface area contributed by atoms with E-state index >= 15 is 0 Å². The monoisotopic (exact) mass is 587 g/mol. The molecule has 5 N–H and O–H groups in total. The van der Waals surface area contributed by atoms with Crippen molar-refractivity contribution in [3.63, 3.8) is 0 Å². The summed E-state index contributed by atoms with van der Waals surface area (Å²) < 4.78 is 0.928. The summed E-state index contributed by atoms with van der Waals surface area (Å²) in [6.07, 6.45) is 1.38. The topological polar surface area (TPSA) is 178 Å². The van der Waals surface area contributed by atoms with Crippen molar-refractivity contribution in [2.45, 2.75) is 13.1 Å². The number of benzene rings is 1. The van der Waals surface area contributed by atoms with E-state index in [1.54, 1.807) is 20.8 Å². The molecule has 1 aliphatic rings. The van der Waals surface area contributed by atoms with Gasteiger partial charge in [0.1, 0.15) is 0 Å². The van der Waals surface area contributed by atoms with Crippen molar-refractivity contribution >= 4 is 23.8 Å². The number of carboxylic acids is 3. The van der Waals surface area contributed by atoms with E-state index in [1.165, 1.54) is 12.3 Å². The second-order valence-electron chi connectivity index (χ2n) is 10.2. The van der Waals surface area contributed by atoms with E-state index in [0.717, 1.165) is 10.3 Å². The van der Waals surface area contributed by atoms with E-state index in [2.05, 4.69) is 5.32 Å². The largest absolute Gasteiger partial charge is 0.480 e. The fourth-order valence-corrected chi connectivity index (χ4v) is 4.69. The predicted octanol–water partition coefficient (Wildman–Crippen LogP) is -0.883. The van der Waals surface area contributed by atoms with Crippen molar-refractivity contribution in [1.29, 1.82) is 0 Å². The molecule has 42 heavy (non-hydrogen) atoms. The Kier molecular flexibility index (Phi) is 12.6. The molecule has 0 saturated carbocycles. The minimum atomic E-state index is -1.02. The Morgan fingerprint density at radius 2 is 1.14 bits per heavy atom. The molecular formula is C28H39N6O8+. The van der Waals surface area contributed by atoms with Crippen molar-refractivity contribution in [3.8, 4) is 0 Å². The van der Waals surface area contributed by atoms with E-state index in [-0.39, 0.29) is 32.1 Å². The minimum absolute atomic E-state index is 0.212. The van der Waals surface area contributed by atoms with Crippen LogP contribution in [0.5, 0.6) is 0 Å². The summed E-state index contributed by atoms with van der Waals surface area (Å²) in [5, 5.41) is 41.5. The number of nitrogens with one attached hydrogen (secondary N) is 1. The van der Waals surface area contributed by atoms with Crippen LogP contribution in [0, 0.1) is 0 Å². The van der Waals surface area contributed by atoms with Gasteiger partial charge in [-0.3, -0.25) is 44.0 Å². The molecule has 14 heteroatoms. The van der Waals surface area contributed by atoms with Crippen LogP contribution in [-0.2, 0) is 27.5 Å². The van der Waals surface area contributed by atoms with Gasteiger partial charge in [-0.15, -0.1) is 0 Å². The summed E-state index contributed by atoms with van der Waals surface area (Å²) >= 11 is 0. The Morgan fingerprint density at radius 1 is 0.690 bits per heavy atom. The van der Waals surface area contributed by atoms with Gasteiger partial charge in [0.25, 0.3) is 5.91 Å². The van der Waals surface area contributed by atoms with Crippen LogP contribution in [0.15, 0.2) is 48.7 Å². The Bertz CT molecular complexity index is 1180.